The van der Waals surface area contributed by atoms with Crippen LogP contribution < -0.4 is 10.6 Å². The van der Waals surface area contributed by atoms with Gasteiger partial charge in [-0.1, -0.05) is 0 Å². The third kappa shape index (κ3) is 6.89. The van der Waals surface area contributed by atoms with Crippen LogP contribution in [0.15, 0.2) is 4.99 Å². The summed E-state index contributed by atoms with van der Waals surface area (Å²) >= 11 is 0. The van der Waals surface area contributed by atoms with Crippen LogP contribution in [0.2, 0.25) is 0 Å². The minimum Gasteiger partial charge on any atom is -0.372 e. The molecule has 23 heavy (non-hydrogen) atoms. The number of hydrogen-bond acceptors (Lipinski definition) is 3. The van der Waals surface area contributed by atoms with Crippen LogP contribution >= 0.6 is 0 Å². The van der Waals surface area contributed by atoms with Crippen LogP contribution in [-0.2, 0) is 18.3 Å². The summed E-state index contributed by atoms with van der Waals surface area (Å²) in [5, 5.41) is 10.5. The quantitative estimate of drug-likeness (QED) is 0.452. The molecule has 9 heteroatoms. The van der Waals surface area contributed by atoms with Gasteiger partial charge in [0, 0.05) is 45.0 Å². The molecule has 0 unspecified atom stereocenters. The van der Waals surface area contributed by atoms with Crippen LogP contribution in [0, 0.1) is 13.8 Å². The van der Waals surface area contributed by atoms with Crippen LogP contribution in [0.5, 0.6) is 0 Å². The van der Waals surface area contributed by atoms with Gasteiger partial charge in [-0.05, 0) is 20.3 Å². The van der Waals surface area contributed by atoms with Crippen LogP contribution in [0.3, 0.4) is 0 Å². The first kappa shape index (κ1) is 19.3. The molecule has 0 aromatic carbocycles. The van der Waals surface area contributed by atoms with Gasteiger partial charge in [-0.3, -0.25) is 9.67 Å². The molecule has 0 radical (unpaired) electrons. The largest absolute Gasteiger partial charge is 0.411 e. The van der Waals surface area contributed by atoms with E-state index in [2.05, 4.69) is 25.5 Å². The van der Waals surface area contributed by atoms with Gasteiger partial charge in [0.25, 0.3) is 0 Å². The van der Waals surface area contributed by atoms with Crippen molar-refractivity contribution in [3.8, 4) is 0 Å². The highest BCUT2D eigenvalue weighted by molar-refractivity contribution is 5.79. The lowest BCUT2D eigenvalue weighted by Crippen LogP contribution is -2.37. The predicted octanol–water partition coefficient (Wildman–Crippen LogP) is 1.67. The number of nitrogens with one attached hydrogen (secondary N) is 2. The molecule has 2 N–H and O–H groups in total. The van der Waals surface area contributed by atoms with E-state index >= 15 is 0 Å². The van der Waals surface area contributed by atoms with E-state index < -0.39 is 12.8 Å². The van der Waals surface area contributed by atoms with Crippen LogP contribution in [0.4, 0.5) is 13.2 Å². The van der Waals surface area contributed by atoms with Crippen molar-refractivity contribution in [3.63, 3.8) is 0 Å². The third-order valence-electron chi connectivity index (χ3n) is 3.34. The highest BCUT2D eigenvalue weighted by Crippen LogP contribution is 2.14. The number of halogens is 3. The fourth-order valence-corrected chi connectivity index (χ4v) is 2.03. The first-order valence-corrected chi connectivity index (χ1v) is 7.32. The average Bonchev–Trinajstić information content (AvgIpc) is 2.70. The number of guanidine groups is 1. The second-order valence-corrected chi connectivity index (χ2v) is 5.15. The summed E-state index contributed by atoms with van der Waals surface area (Å²) in [6.07, 6.45) is -3.81. The zero-order valence-corrected chi connectivity index (χ0v) is 13.9. The zero-order chi connectivity index (χ0) is 17.5. The van der Waals surface area contributed by atoms with E-state index in [-0.39, 0.29) is 6.61 Å². The van der Waals surface area contributed by atoms with Gasteiger partial charge in [-0.2, -0.15) is 18.3 Å². The van der Waals surface area contributed by atoms with Gasteiger partial charge in [0.05, 0.1) is 5.69 Å². The lowest BCUT2D eigenvalue weighted by Gasteiger charge is -2.12. The van der Waals surface area contributed by atoms with Crippen molar-refractivity contribution in [3.05, 3.63) is 17.0 Å². The van der Waals surface area contributed by atoms with Gasteiger partial charge in [0.15, 0.2) is 5.96 Å². The summed E-state index contributed by atoms with van der Waals surface area (Å²) < 4.78 is 42.1. The summed E-state index contributed by atoms with van der Waals surface area (Å²) in [5.74, 6) is 0.587. The Bertz CT molecular complexity index is 525. The fraction of sp³-hybridized carbons (Fsp3) is 0.714. The molecule has 0 bridgehead atoms. The molecule has 1 aromatic rings. The van der Waals surface area contributed by atoms with Crippen molar-refractivity contribution in [1.29, 1.82) is 0 Å². The normalized spacial score (nSPS) is 12.6. The average molecular weight is 335 g/mol. The summed E-state index contributed by atoms with van der Waals surface area (Å²) in [6.45, 7) is 3.82. The molecule has 0 aliphatic heterocycles. The molecule has 0 aliphatic rings. The van der Waals surface area contributed by atoms with E-state index in [9.17, 15) is 13.2 Å². The maximum Gasteiger partial charge on any atom is 0.411 e. The van der Waals surface area contributed by atoms with Gasteiger partial charge in [0.1, 0.15) is 6.61 Å². The molecule has 0 saturated heterocycles. The summed E-state index contributed by atoms with van der Waals surface area (Å²) in [5.41, 5.74) is 3.13. The fourth-order valence-electron chi connectivity index (χ4n) is 2.03. The molecular formula is C14H24F3N5O. The zero-order valence-electron chi connectivity index (χ0n) is 13.9. The van der Waals surface area contributed by atoms with E-state index in [0.717, 1.165) is 17.0 Å². The first-order valence-electron chi connectivity index (χ1n) is 7.32. The molecule has 0 saturated carbocycles. The third-order valence-corrected chi connectivity index (χ3v) is 3.34. The van der Waals surface area contributed by atoms with Crippen molar-refractivity contribution in [2.75, 3.05) is 26.8 Å². The monoisotopic (exact) mass is 335 g/mol. The lowest BCUT2D eigenvalue weighted by molar-refractivity contribution is -0.173. The van der Waals surface area contributed by atoms with Crippen LogP contribution in [-0.4, -0.2) is 48.7 Å². The number of aromatic nitrogens is 2. The Morgan fingerprint density at radius 1 is 1.30 bits per heavy atom. The number of ether oxygens (including phenoxy) is 1. The lowest BCUT2D eigenvalue weighted by atomic mass is 10.2. The molecule has 0 atom stereocenters. The van der Waals surface area contributed by atoms with Crippen LogP contribution in [0.25, 0.3) is 0 Å². The molecular weight excluding hydrogens is 311 g/mol. The minimum atomic E-state index is -4.27. The predicted molar refractivity (Wildman–Crippen MR) is 82.4 cm³/mol. The SMILES string of the molecule is CN=C(NCCCOCC(F)(F)F)NCc1c(C)nn(C)c1C. The van der Waals surface area contributed by atoms with Gasteiger partial charge in [-0.25, -0.2) is 0 Å². The maximum atomic E-state index is 11.9. The van der Waals surface area contributed by atoms with E-state index in [1.165, 1.54) is 0 Å². The van der Waals surface area contributed by atoms with Crippen LogP contribution in [0.1, 0.15) is 23.4 Å². The number of hydrogen-bond donors (Lipinski definition) is 2. The van der Waals surface area contributed by atoms with E-state index in [1.54, 1.807) is 7.05 Å². The standard InChI is InChI=1S/C14H24F3N5O/c1-10-12(11(2)22(4)21-10)8-20-13(18-3)19-6-5-7-23-9-14(15,16)17/h5-9H2,1-4H3,(H2,18,19,20). The van der Waals surface area contributed by atoms with Crippen molar-refractivity contribution >= 4 is 5.96 Å². The number of alkyl halides is 3. The molecule has 132 valence electrons. The number of rotatable bonds is 7. The number of aliphatic imine (C=N–C) groups is 1. The van der Waals surface area contributed by atoms with E-state index in [4.69, 9.17) is 0 Å². The minimum absolute atomic E-state index is 0.0460. The molecule has 1 heterocycles. The molecule has 1 rings (SSSR count). The Morgan fingerprint density at radius 2 is 2.00 bits per heavy atom. The summed E-state index contributed by atoms with van der Waals surface area (Å²) in [7, 11) is 3.53. The second-order valence-electron chi connectivity index (χ2n) is 5.15. The number of aryl methyl sites for hydroxylation is 2. The number of nitrogens with zero attached hydrogens (tertiary/aromatic N) is 3. The van der Waals surface area contributed by atoms with E-state index in [1.807, 2.05) is 25.6 Å². The Labute approximate surface area is 134 Å². The topological polar surface area (TPSA) is 63.5 Å². The van der Waals surface area contributed by atoms with Crippen molar-refractivity contribution in [1.82, 2.24) is 20.4 Å². The smallest absolute Gasteiger partial charge is 0.372 e. The van der Waals surface area contributed by atoms with Gasteiger partial charge < -0.3 is 15.4 Å². The molecule has 0 spiro atoms. The second kappa shape index (κ2) is 8.76. The molecule has 1 aromatic heterocycles. The molecule has 0 amide bonds. The molecule has 0 aliphatic carbocycles. The molecule has 6 nitrogen and oxygen atoms in total. The van der Waals surface area contributed by atoms with Crippen molar-refractivity contribution in [2.24, 2.45) is 12.0 Å². The summed E-state index contributed by atoms with van der Waals surface area (Å²) in [6, 6.07) is 0. The molecule has 0 fully saturated rings. The first-order chi connectivity index (χ1) is 10.7. The maximum absolute atomic E-state index is 11.9. The van der Waals surface area contributed by atoms with Crippen molar-refractivity contribution in [2.45, 2.75) is 33.0 Å². The summed E-state index contributed by atoms with van der Waals surface area (Å²) in [4.78, 5) is 4.07. The van der Waals surface area contributed by atoms with Gasteiger partial charge >= 0.3 is 6.18 Å². The Kier molecular flexibility index (Phi) is 7.34. The van der Waals surface area contributed by atoms with Gasteiger partial charge in [-0.15, -0.1) is 0 Å². The highest BCUT2D eigenvalue weighted by atomic mass is 19.4. The Balaban J connectivity index is 2.28. The van der Waals surface area contributed by atoms with Crippen molar-refractivity contribution < 1.29 is 17.9 Å². The van der Waals surface area contributed by atoms with Gasteiger partial charge in [0.2, 0.25) is 0 Å². The highest BCUT2D eigenvalue weighted by Gasteiger charge is 2.27. The Morgan fingerprint density at radius 3 is 2.52 bits per heavy atom. The Hall–Kier alpha value is -1.77. The van der Waals surface area contributed by atoms with E-state index in [0.29, 0.717) is 25.5 Å².